The first-order chi connectivity index (χ1) is 9.31. The number of rotatable bonds is 5. The molecule has 0 bridgehead atoms. The second kappa shape index (κ2) is 6.53. The van der Waals surface area contributed by atoms with Crippen molar-refractivity contribution in [1.82, 2.24) is 15.1 Å². The van der Waals surface area contributed by atoms with Gasteiger partial charge in [0.05, 0.1) is 12.7 Å². The van der Waals surface area contributed by atoms with Crippen LogP contribution in [-0.2, 0) is 4.74 Å². The van der Waals surface area contributed by atoms with Crippen LogP contribution in [0.25, 0.3) is 0 Å². The van der Waals surface area contributed by atoms with E-state index in [0.29, 0.717) is 6.10 Å². The monoisotopic (exact) mass is 267 g/mol. The zero-order chi connectivity index (χ0) is 13.1. The Bertz CT molecular complexity index is 277. The summed E-state index contributed by atoms with van der Waals surface area (Å²) in [5.41, 5.74) is 0. The van der Waals surface area contributed by atoms with Crippen molar-refractivity contribution in [3.8, 4) is 0 Å². The lowest BCUT2D eigenvalue weighted by Crippen LogP contribution is -2.50. The highest BCUT2D eigenvalue weighted by Gasteiger charge is 2.33. The van der Waals surface area contributed by atoms with Crippen LogP contribution in [0.5, 0.6) is 0 Å². The van der Waals surface area contributed by atoms with Gasteiger partial charge in [-0.05, 0) is 39.3 Å². The van der Waals surface area contributed by atoms with E-state index in [0.717, 1.165) is 38.3 Å². The highest BCUT2D eigenvalue weighted by Crippen LogP contribution is 2.28. The van der Waals surface area contributed by atoms with Crippen molar-refractivity contribution in [1.29, 1.82) is 0 Å². The molecule has 19 heavy (non-hydrogen) atoms. The van der Waals surface area contributed by atoms with Gasteiger partial charge in [-0.2, -0.15) is 0 Å². The first kappa shape index (κ1) is 13.8. The second-order valence-corrected chi connectivity index (χ2v) is 6.59. The Morgan fingerprint density at radius 1 is 1.21 bits per heavy atom. The molecule has 1 saturated carbocycles. The number of ether oxygens (including phenoxy) is 1. The number of nitrogens with one attached hydrogen (secondary N) is 1. The van der Waals surface area contributed by atoms with Crippen LogP contribution in [0.15, 0.2) is 0 Å². The molecule has 0 amide bonds. The minimum Gasteiger partial charge on any atom is -0.374 e. The lowest BCUT2D eigenvalue weighted by atomic mass is 10.0. The predicted molar refractivity (Wildman–Crippen MR) is 77.5 cm³/mol. The Balaban J connectivity index is 1.49. The molecule has 110 valence electrons. The van der Waals surface area contributed by atoms with Gasteiger partial charge in [-0.15, -0.1) is 0 Å². The summed E-state index contributed by atoms with van der Waals surface area (Å²) in [6.07, 6.45) is 7.33. The zero-order valence-corrected chi connectivity index (χ0v) is 12.3. The Labute approximate surface area is 117 Å². The minimum absolute atomic E-state index is 0.419. The summed E-state index contributed by atoms with van der Waals surface area (Å²) in [4.78, 5) is 5.10. The number of piperidine rings is 1. The van der Waals surface area contributed by atoms with Crippen molar-refractivity contribution < 1.29 is 4.74 Å². The van der Waals surface area contributed by atoms with Crippen molar-refractivity contribution in [2.75, 3.05) is 46.4 Å². The third-order valence-electron chi connectivity index (χ3n) is 4.71. The lowest BCUT2D eigenvalue weighted by Gasteiger charge is -2.36. The largest absolute Gasteiger partial charge is 0.374 e. The number of likely N-dealkylation sites (N-methyl/N-ethyl adjacent to an activating group) is 1. The number of hydrogen-bond donors (Lipinski definition) is 1. The van der Waals surface area contributed by atoms with E-state index in [-0.39, 0.29) is 0 Å². The Morgan fingerprint density at radius 2 is 2.11 bits per heavy atom. The Kier molecular flexibility index (Phi) is 4.74. The fourth-order valence-electron chi connectivity index (χ4n) is 3.41. The first-order valence-electron chi connectivity index (χ1n) is 8.09. The lowest BCUT2D eigenvalue weighted by molar-refractivity contribution is -0.0380. The van der Waals surface area contributed by atoms with Crippen molar-refractivity contribution in [3.05, 3.63) is 0 Å². The third-order valence-corrected chi connectivity index (χ3v) is 4.71. The molecule has 3 aliphatic rings. The van der Waals surface area contributed by atoms with Gasteiger partial charge < -0.3 is 15.0 Å². The molecule has 0 spiro atoms. The van der Waals surface area contributed by atoms with Crippen LogP contribution >= 0.6 is 0 Å². The molecule has 4 nitrogen and oxygen atoms in total. The fourth-order valence-corrected chi connectivity index (χ4v) is 3.41. The van der Waals surface area contributed by atoms with Crippen molar-refractivity contribution in [3.63, 3.8) is 0 Å². The SMILES string of the molecule is CN1CCOC(CN(CC2CCCCN2)C2CC2)C1. The molecule has 2 atom stereocenters. The van der Waals surface area contributed by atoms with E-state index in [4.69, 9.17) is 4.74 Å². The van der Waals surface area contributed by atoms with Gasteiger partial charge in [-0.25, -0.2) is 0 Å². The van der Waals surface area contributed by atoms with Gasteiger partial charge in [0, 0.05) is 38.3 Å². The predicted octanol–water partition coefficient (Wildman–Crippen LogP) is 0.923. The molecule has 0 radical (unpaired) electrons. The van der Waals surface area contributed by atoms with Gasteiger partial charge in [-0.3, -0.25) is 4.90 Å². The summed E-state index contributed by atoms with van der Waals surface area (Å²) >= 11 is 0. The molecule has 1 N–H and O–H groups in total. The van der Waals surface area contributed by atoms with Crippen LogP contribution in [0.2, 0.25) is 0 Å². The molecule has 0 aromatic carbocycles. The average molecular weight is 267 g/mol. The van der Waals surface area contributed by atoms with Crippen molar-refractivity contribution in [2.45, 2.75) is 50.3 Å². The maximum absolute atomic E-state index is 5.94. The van der Waals surface area contributed by atoms with Crippen LogP contribution in [0.4, 0.5) is 0 Å². The molecule has 4 heteroatoms. The van der Waals surface area contributed by atoms with Gasteiger partial charge in [0.15, 0.2) is 0 Å². The molecule has 2 unspecified atom stereocenters. The van der Waals surface area contributed by atoms with Crippen LogP contribution in [-0.4, -0.2) is 74.4 Å². The second-order valence-electron chi connectivity index (χ2n) is 6.59. The molecule has 0 aromatic rings. The maximum atomic E-state index is 5.94. The molecule has 1 aliphatic carbocycles. The molecule has 2 aliphatic heterocycles. The quantitative estimate of drug-likeness (QED) is 0.802. The minimum atomic E-state index is 0.419. The summed E-state index contributed by atoms with van der Waals surface area (Å²) in [6.45, 7) is 6.67. The van der Waals surface area contributed by atoms with Gasteiger partial charge >= 0.3 is 0 Å². The highest BCUT2D eigenvalue weighted by molar-refractivity contribution is 4.89. The average Bonchev–Trinajstić information content (AvgIpc) is 3.23. The topological polar surface area (TPSA) is 27.7 Å². The third kappa shape index (κ3) is 4.15. The number of morpholine rings is 1. The molecule has 0 aromatic heterocycles. The van der Waals surface area contributed by atoms with Crippen molar-refractivity contribution >= 4 is 0 Å². The molecular formula is C15H29N3O. The summed E-state index contributed by atoms with van der Waals surface area (Å²) in [7, 11) is 2.21. The summed E-state index contributed by atoms with van der Waals surface area (Å²) in [5.74, 6) is 0. The molecule has 2 heterocycles. The van der Waals surface area contributed by atoms with Crippen LogP contribution in [0.3, 0.4) is 0 Å². The van der Waals surface area contributed by atoms with E-state index in [1.54, 1.807) is 0 Å². The normalized spacial score (nSPS) is 33.8. The van der Waals surface area contributed by atoms with E-state index < -0.39 is 0 Å². The van der Waals surface area contributed by atoms with Crippen molar-refractivity contribution in [2.24, 2.45) is 0 Å². The van der Waals surface area contributed by atoms with Gasteiger partial charge in [0.2, 0.25) is 0 Å². The molecule has 3 fully saturated rings. The van der Waals surface area contributed by atoms with E-state index in [1.165, 1.54) is 45.2 Å². The summed E-state index contributed by atoms with van der Waals surface area (Å²) in [6, 6.07) is 1.57. The van der Waals surface area contributed by atoms with Gasteiger partial charge in [0.25, 0.3) is 0 Å². The van der Waals surface area contributed by atoms with Gasteiger partial charge in [-0.1, -0.05) is 6.42 Å². The standard InChI is InChI=1S/C15H29N3O/c1-17-8-9-19-15(11-17)12-18(14-5-6-14)10-13-4-2-3-7-16-13/h13-16H,2-12H2,1H3. The van der Waals surface area contributed by atoms with E-state index >= 15 is 0 Å². The number of nitrogens with zero attached hydrogens (tertiary/aromatic N) is 2. The maximum Gasteiger partial charge on any atom is 0.0829 e. The highest BCUT2D eigenvalue weighted by atomic mass is 16.5. The molecule has 2 saturated heterocycles. The molecular weight excluding hydrogens is 238 g/mol. The Morgan fingerprint density at radius 3 is 2.79 bits per heavy atom. The Hall–Kier alpha value is -0.160. The van der Waals surface area contributed by atoms with Crippen LogP contribution < -0.4 is 5.32 Å². The van der Waals surface area contributed by atoms with E-state index in [2.05, 4.69) is 22.2 Å². The van der Waals surface area contributed by atoms with Crippen LogP contribution in [0.1, 0.15) is 32.1 Å². The smallest absolute Gasteiger partial charge is 0.0829 e. The fraction of sp³-hybridized carbons (Fsp3) is 1.00. The van der Waals surface area contributed by atoms with Gasteiger partial charge in [0.1, 0.15) is 0 Å². The summed E-state index contributed by atoms with van der Waals surface area (Å²) in [5, 5.41) is 3.69. The summed E-state index contributed by atoms with van der Waals surface area (Å²) < 4.78 is 5.94. The molecule has 3 rings (SSSR count). The van der Waals surface area contributed by atoms with Crippen LogP contribution in [0, 0.1) is 0 Å². The zero-order valence-electron chi connectivity index (χ0n) is 12.3. The van der Waals surface area contributed by atoms with E-state index in [1.807, 2.05) is 0 Å². The van der Waals surface area contributed by atoms with E-state index in [9.17, 15) is 0 Å². The number of hydrogen-bond acceptors (Lipinski definition) is 4. The first-order valence-corrected chi connectivity index (χ1v) is 8.09.